The van der Waals surface area contributed by atoms with Gasteiger partial charge in [0, 0.05) is 66.8 Å². The van der Waals surface area contributed by atoms with Crippen LogP contribution >= 0.6 is 11.6 Å². The molecule has 0 unspecified atom stereocenters. The van der Waals surface area contributed by atoms with Gasteiger partial charge in [0.05, 0.1) is 16.4 Å². The molecule has 1 aliphatic heterocycles. The van der Waals surface area contributed by atoms with Gasteiger partial charge in [-0.3, -0.25) is 14.6 Å². The fraction of sp³-hybridized carbons (Fsp3) is 0.219. The van der Waals surface area contributed by atoms with E-state index in [1.54, 1.807) is 18.3 Å². The van der Waals surface area contributed by atoms with Gasteiger partial charge in [-0.2, -0.15) is 0 Å². The number of anilines is 3. The molecule has 0 bridgehead atoms. The van der Waals surface area contributed by atoms with Crippen LogP contribution in [0.1, 0.15) is 51.8 Å². The third-order valence-electron chi connectivity index (χ3n) is 7.21. The van der Waals surface area contributed by atoms with Crippen molar-refractivity contribution in [2.45, 2.75) is 33.7 Å². The predicted octanol–water partition coefficient (Wildman–Crippen LogP) is 6.47. The minimum atomic E-state index is -0.310. The molecule has 0 saturated carbocycles. The van der Waals surface area contributed by atoms with Crippen molar-refractivity contribution in [1.82, 2.24) is 24.8 Å². The fourth-order valence-corrected chi connectivity index (χ4v) is 5.37. The van der Waals surface area contributed by atoms with Gasteiger partial charge in [-0.05, 0) is 42.3 Å². The number of hydrogen-bond acceptors (Lipinski definition) is 7. The second kappa shape index (κ2) is 12.5. The van der Waals surface area contributed by atoms with Gasteiger partial charge >= 0.3 is 0 Å². The Labute approximate surface area is 249 Å². The van der Waals surface area contributed by atoms with Crippen molar-refractivity contribution >= 4 is 51.9 Å². The standard InChI is InChI=1S/C30H26ClN7O2.C2H6/c1-17-20(5-3-7-22(17)35-28-27-19(9-12-33-28)13-18(16-39)14-34-27)21-6-4-8-23(26(21)31)37-30(40)29-36-24-15-32-11-10-25(24)38(29)2;1-2/h3-9,12-14,16,32H,10-11,15H2,1-2H3,(H,33,35)(H,37,40);1-2H3. The molecule has 0 aliphatic carbocycles. The number of aromatic nitrogens is 4. The van der Waals surface area contributed by atoms with Crippen LogP contribution in [0.25, 0.3) is 22.0 Å². The molecular weight excluding hydrogens is 550 g/mol. The summed E-state index contributed by atoms with van der Waals surface area (Å²) in [6.45, 7) is 7.51. The molecular formula is C32H32ClN7O2. The third-order valence-corrected chi connectivity index (χ3v) is 7.62. The van der Waals surface area contributed by atoms with Crippen molar-refractivity contribution in [3.8, 4) is 11.1 Å². The van der Waals surface area contributed by atoms with Crippen LogP contribution in [0.4, 0.5) is 17.2 Å². The van der Waals surface area contributed by atoms with Crippen molar-refractivity contribution in [2.24, 2.45) is 7.05 Å². The quantitative estimate of drug-likeness (QED) is 0.197. The molecule has 0 radical (unpaired) electrons. The van der Waals surface area contributed by atoms with Gasteiger partial charge < -0.3 is 20.5 Å². The van der Waals surface area contributed by atoms with Crippen LogP contribution in [0.2, 0.25) is 5.02 Å². The molecule has 1 aliphatic rings. The Hall–Kier alpha value is -4.60. The van der Waals surface area contributed by atoms with Gasteiger partial charge in [0.2, 0.25) is 0 Å². The second-order valence-electron chi connectivity index (χ2n) is 9.66. The molecule has 0 atom stereocenters. The van der Waals surface area contributed by atoms with Crippen LogP contribution < -0.4 is 16.0 Å². The summed E-state index contributed by atoms with van der Waals surface area (Å²) in [5, 5.41) is 10.9. The normalized spacial score (nSPS) is 12.2. The smallest absolute Gasteiger partial charge is 0.291 e. The van der Waals surface area contributed by atoms with Crippen molar-refractivity contribution in [3.63, 3.8) is 0 Å². The topological polar surface area (TPSA) is 114 Å². The molecule has 3 N–H and O–H groups in total. The molecule has 10 heteroatoms. The first-order valence-electron chi connectivity index (χ1n) is 13.9. The largest absolute Gasteiger partial charge is 0.338 e. The van der Waals surface area contributed by atoms with E-state index in [1.165, 1.54) is 6.20 Å². The molecule has 5 aromatic rings. The minimum absolute atomic E-state index is 0.310. The van der Waals surface area contributed by atoms with Crippen molar-refractivity contribution in [1.29, 1.82) is 0 Å². The highest BCUT2D eigenvalue weighted by molar-refractivity contribution is 6.36. The maximum absolute atomic E-state index is 13.2. The summed E-state index contributed by atoms with van der Waals surface area (Å²) in [6, 6.07) is 15.0. The number of benzene rings is 2. The van der Waals surface area contributed by atoms with E-state index in [4.69, 9.17) is 11.6 Å². The minimum Gasteiger partial charge on any atom is -0.338 e. The number of amides is 1. The zero-order valence-corrected chi connectivity index (χ0v) is 24.7. The number of aldehydes is 1. The van der Waals surface area contributed by atoms with E-state index in [9.17, 15) is 9.59 Å². The number of carbonyl (C=O) groups is 2. The third kappa shape index (κ3) is 5.48. The Balaban J connectivity index is 0.00000173. The van der Waals surface area contributed by atoms with Crippen molar-refractivity contribution in [3.05, 3.63) is 94.3 Å². The molecule has 214 valence electrons. The summed E-state index contributed by atoms with van der Waals surface area (Å²) in [7, 11) is 1.87. The molecule has 9 nitrogen and oxygen atoms in total. The summed E-state index contributed by atoms with van der Waals surface area (Å²) >= 11 is 6.88. The number of halogens is 1. The predicted molar refractivity (Wildman–Crippen MR) is 168 cm³/mol. The Morgan fingerprint density at radius 2 is 1.83 bits per heavy atom. The number of carbonyl (C=O) groups excluding carboxylic acids is 2. The fourth-order valence-electron chi connectivity index (χ4n) is 5.10. The van der Waals surface area contributed by atoms with Gasteiger partial charge in [-0.25, -0.2) is 9.97 Å². The maximum atomic E-state index is 13.2. The maximum Gasteiger partial charge on any atom is 0.291 e. The Morgan fingerprint density at radius 3 is 2.60 bits per heavy atom. The van der Waals surface area contributed by atoms with Crippen LogP contribution in [-0.2, 0) is 20.0 Å². The van der Waals surface area contributed by atoms with Crippen molar-refractivity contribution < 1.29 is 9.59 Å². The summed E-state index contributed by atoms with van der Waals surface area (Å²) in [6.07, 6.45) is 4.81. The number of rotatable bonds is 6. The average Bonchev–Trinajstić information content (AvgIpc) is 3.36. The molecule has 0 saturated heterocycles. The first-order chi connectivity index (χ1) is 20.4. The number of imidazole rings is 1. The molecule has 0 spiro atoms. The lowest BCUT2D eigenvalue weighted by molar-refractivity contribution is 0.101. The van der Waals surface area contributed by atoms with Crippen molar-refractivity contribution in [2.75, 3.05) is 17.2 Å². The van der Waals surface area contributed by atoms with E-state index in [0.29, 0.717) is 40.0 Å². The molecule has 6 rings (SSSR count). The highest BCUT2D eigenvalue weighted by Crippen LogP contribution is 2.38. The van der Waals surface area contributed by atoms with Gasteiger partial charge in [0.1, 0.15) is 5.52 Å². The first-order valence-corrected chi connectivity index (χ1v) is 14.2. The van der Waals surface area contributed by atoms with E-state index < -0.39 is 0 Å². The molecule has 1 amide bonds. The number of nitrogens with one attached hydrogen (secondary N) is 3. The van der Waals surface area contributed by atoms with E-state index >= 15 is 0 Å². The first kappa shape index (κ1) is 28.9. The molecule has 42 heavy (non-hydrogen) atoms. The van der Waals surface area contributed by atoms with E-state index in [1.807, 2.05) is 68.8 Å². The molecule has 3 aromatic heterocycles. The number of hydrogen-bond donors (Lipinski definition) is 3. The number of fused-ring (bicyclic) bond motifs is 2. The lowest BCUT2D eigenvalue weighted by Crippen LogP contribution is -2.24. The molecule has 4 heterocycles. The Bertz CT molecular complexity index is 1800. The van der Waals surface area contributed by atoms with Gasteiger partial charge in [-0.15, -0.1) is 0 Å². The van der Waals surface area contributed by atoms with Crippen LogP contribution in [0.15, 0.2) is 60.9 Å². The van der Waals surface area contributed by atoms with Gasteiger partial charge in [0.25, 0.3) is 5.91 Å². The molecule has 2 aromatic carbocycles. The van der Waals surface area contributed by atoms with Crippen LogP contribution in [-0.4, -0.2) is 38.3 Å². The summed E-state index contributed by atoms with van der Waals surface area (Å²) in [4.78, 5) is 37.9. The monoisotopic (exact) mass is 581 g/mol. The van der Waals surface area contributed by atoms with Crippen LogP contribution in [0, 0.1) is 6.92 Å². The highest BCUT2D eigenvalue weighted by atomic mass is 35.5. The van der Waals surface area contributed by atoms with E-state index in [0.717, 1.165) is 58.4 Å². The van der Waals surface area contributed by atoms with Crippen LogP contribution in [0.3, 0.4) is 0 Å². The number of pyridine rings is 2. The number of nitrogens with zero attached hydrogens (tertiary/aromatic N) is 4. The van der Waals surface area contributed by atoms with Gasteiger partial charge in [-0.1, -0.05) is 49.7 Å². The van der Waals surface area contributed by atoms with E-state index in [-0.39, 0.29) is 5.91 Å². The average molecular weight is 582 g/mol. The summed E-state index contributed by atoms with van der Waals surface area (Å²) in [5.41, 5.74) is 7.10. The Morgan fingerprint density at radius 1 is 1.07 bits per heavy atom. The van der Waals surface area contributed by atoms with Gasteiger partial charge in [0.15, 0.2) is 17.9 Å². The SMILES string of the molecule is CC.Cc1c(Nc2nccc3cc(C=O)cnc23)cccc1-c1cccc(NC(=O)c2nc3c(n2C)CCNC3)c1Cl. The lowest BCUT2D eigenvalue weighted by atomic mass is 9.98. The molecule has 0 fully saturated rings. The zero-order valence-electron chi connectivity index (χ0n) is 24.0. The van der Waals surface area contributed by atoms with Crippen LogP contribution in [0.5, 0.6) is 0 Å². The summed E-state index contributed by atoms with van der Waals surface area (Å²) in [5.74, 6) is 0.625. The van der Waals surface area contributed by atoms with E-state index in [2.05, 4.69) is 30.9 Å². The summed E-state index contributed by atoms with van der Waals surface area (Å²) < 4.78 is 1.86. The zero-order chi connectivity index (χ0) is 29.8. The second-order valence-corrected chi connectivity index (χ2v) is 10.0. The Kier molecular flexibility index (Phi) is 8.61. The highest BCUT2D eigenvalue weighted by Gasteiger charge is 2.23. The lowest BCUT2D eigenvalue weighted by Gasteiger charge is -2.16.